The van der Waals surface area contributed by atoms with Crippen LogP contribution >= 0.6 is 0 Å². The number of nitrogens with one attached hydrogen (secondary N) is 1. The fraction of sp³-hybridized carbons (Fsp3) is 0.364. The van der Waals surface area contributed by atoms with Crippen LogP contribution < -0.4 is 5.32 Å². The molecule has 0 aliphatic rings. The molecule has 1 amide bonds. The maximum absolute atomic E-state index is 11.7. The maximum atomic E-state index is 11.7. The smallest absolute Gasteiger partial charge is 0.392 e. The molecule has 0 atom stereocenters. The second-order valence-corrected chi connectivity index (χ2v) is 3.51. The molecule has 4 nitrogen and oxygen atoms in total. The lowest BCUT2D eigenvalue weighted by molar-refractivity contribution is -0.174. The van der Waals surface area contributed by atoms with E-state index in [2.05, 4.69) is 10.1 Å². The van der Waals surface area contributed by atoms with E-state index in [0.717, 1.165) is 0 Å². The largest absolute Gasteiger partial charge is 0.411 e. The Morgan fingerprint density at radius 3 is 2.39 bits per heavy atom. The first-order chi connectivity index (χ1) is 8.40. The van der Waals surface area contributed by atoms with Crippen molar-refractivity contribution in [3.8, 4) is 0 Å². The van der Waals surface area contributed by atoms with Crippen molar-refractivity contribution in [2.45, 2.75) is 12.8 Å². The Balaban J connectivity index is 2.35. The molecule has 0 aromatic heterocycles. The third-order valence-electron chi connectivity index (χ3n) is 1.92. The van der Waals surface area contributed by atoms with Crippen molar-refractivity contribution in [1.82, 2.24) is 0 Å². The molecule has 100 valence electrons. The molecule has 2 N–H and O–H groups in total. The number of hydrogen-bond donors (Lipinski definition) is 2. The van der Waals surface area contributed by atoms with Gasteiger partial charge in [0.15, 0.2) is 0 Å². The third kappa shape index (κ3) is 5.65. The van der Waals surface area contributed by atoms with E-state index in [1.807, 2.05) is 0 Å². The number of amides is 1. The first-order valence-corrected chi connectivity index (χ1v) is 5.05. The molecule has 0 saturated carbocycles. The molecule has 0 spiro atoms. The molecular formula is C11H12F3NO3. The Hall–Kier alpha value is -1.60. The number of alkyl halides is 3. The number of rotatable bonds is 5. The first-order valence-electron chi connectivity index (χ1n) is 5.05. The molecule has 0 radical (unpaired) electrons. The summed E-state index contributed by atoms with van der Waals surface area (Å²) in [4.78, 5) is 11.2. The van der Waals surface area contributed by atoms with Gasteiger partial charge in [0.25, 0.3) is 0 Å². The van der Waals surface area contributed by atoms with Crippen molar-refractivity contribution in [2.24, 2.45) is 0 Å². The molecule has 7 heteroatoms. The van der Waals surface area contributed by atoms with Gasteiger partial charge in [0.1, 0.15) is 13.2 Å². The van der Waals surface area contributed by atoms with Gasteiger partial charge in [-0.2, -0.15) is 13.2 Å². The van der Waals surface area contributed by atoms with Crippen molar-refractivity contribution in [3.05, 3.63) is 29.8 Å². The molecule has 0 saturated heterocycles. The molecule has 0 fully saturated rings. The van der Waals surface area contributed by atoms with Crippen molar-refractivity contribution < 1.29 is 27.8 Å². The van der Waals surface area contributed by atoms with Crippen LogP contribution in [0.5, 0.6) is 0 Å². The SMILES string of the molecule is O=C(COCC(F)(F)F)Nc1ccc(CO)cc1. The van der Waals surface area contributed by atoms with Gasteiger partial charge in [-0.25, -0.2) is 0 Å². The molecule has 18 heavy (non-hydrogen) atoms. The number of aliphatic hydroxyl groups excluding tert-OH is 1. The van der Waals surface area contributed by atoms with Gasteiger partial charge in [-0.15, -0.1) is 0 Å². The zero-order chi connectivity index (χ0) is 13.6. The van der Waals surface area contributed by atoms with E-state index in [1.54, 1.807) is 12.1 Å². The summed E-state index contributed by atoms with van der Waals surface area (Å²) in [5, 5.41) is 11.2. The molecule has 0 heterocycles. The summed E-state index contributed by atoms with van der Waals surface area (Å²) in [6, 6.07) is 6.25. The Labute approximate surface area is 101 Å². The van der Waals surface area contributed by atoms with Crippen LogP contribution in [0, 0.1) is 0 Å². The highest BCUT2D eigenvalue weighted by atomic mass is 19.4. The Bertz CT molecular complexity index is 390. The summed E-state index contributed by atoms with van der Waals surface area (Å²) >= 11 is 0. The fourth-order valence-corrected chi connectivity index (χ4v) is 1.15. The van der Waals surface area contributed by atoms with Crippen molar-refractivity contribution >= 4 is 11.6 Å². The van der Waals surface area contributed by atoms with E-state index in [1.165, 1.54) is 12.1 Å². The normalized spacial score (nSPS) is 11.3. The Morgan fingerprint density at radius 1 is 1.28 bits per heavy atom. The standard InChI is InChI=1S/C11H12F3NO3/c12-11(13,14)7-18-6-10(17)15-9-3-1-8(5-16)2-4-9/h1-4,16H,5-7H2,(H,15,17). The van der Waals surface area contributed by atoms with Crippen LogP contribution in [0.15, 0.2) is 24.3 Å². The topological polar surface area (TPSA) is 58.6 Å². The van der Waals surface area contributed by atoms with E-state index in [4.69, 9.17) is 5.11 Å². The lowest BCUT2D eigenvalue weighted by Gasteiger charge is -2.08. The molecular weight excluding hydrogens is 251 g/mol. The number of carbonyl (C=O) groups is 1. The number of benzene rings is 1. The summed E-state index contributed by atoms with van der Waals surface area (Å²) < 4.78 is 39.4. The number of carbonyl (C=O) groups excluding carboxylic acids is 1. The predicted octanol–water partition coefficient (Wildman–Crippen LogP) is 1.70. The van der Waals surface area contributed by atoms with Gasteiger partial charge in [-0.05, 0) is 17.7 Å². The van der Waals surface area contributed by atoms with E-state index in [-0.39, 0.29) is 6.61 Å². The van der Waals surface area contributed by atoms with Crippen LogP contribution in [0.25, 0.3) is 0 Å². The van der Waals surface area contributed by atoms with Gasteiger partial charge in [0.05, 0.1) is 6.61 Å². The van der Waals surface area contributed by atoms with E-state index >= 15 is 0 Å². The van der Waals surface area contributed by atoms with Gasteiger partial charge >= 0.3 is 6.18 Å². The lowest BCUT2D eigenvalue weighted by Crippen LogP contribution is -2.23. The van der Waals surface area contributed by atoms with E-state index < -0.39 is 25.3 Å². The quantitative estimate of drug-likeness (QED) is 0.850. The number of anilines is 1. The molecule has 1 rings (SSSR count). The van der Waals surface area contributed by atoms with E-state index in [0.29, 0.717) is 11.3 Å². The maximum Gasteiger partial charge on any atom is 0.411 e. The average molecular weight is 263 g/mol. The molecule has 1 aromatic carbocycles. The summed E-state index contributed by atoms with van der Waals surface area (Å²) in [7, 11) is 0. The van der Waals surface area contributed by atoms with Crippen LogP contribution in [-0.2, 0) is 16.1 Å². The predicted molar refractivity (Wildman–Crippen MR) is 57.9 cm³/mol. The minimum absolute atomic E-state index is 0.122. The molecule has 1 aromatic rings. The molecule has 0 bridgehead atoms. The van der Waals surface area contributed by atoms with E-state index in [9.17, 15) is 18.0 Å². The van der Waals surface area contributed by atoms with Crippen LogP contribution in [0.3, 0.4) is 0 Å². The van der Waals surface area contributed by atoms with Gasteiger partial charge in [-0.3, -0.25) is 4.79 Å². The molecule has 0 aliphatic heterocycles. The zero-order valence-corrected chi connectivity index (χ0v) is 9.33. The highest BCUT2D eigenvalue weighted by molar-refractivity contribution is 5.91. The number of aliphatic hydroxyl groups is 1. The summed E-state index contributed by atoms with van der Waals surface area (Å²) in [6.45, 7) is -2.24. The second kappa shape index (κ2) is 6.36. The van der Waals surface area contributed by atoms with Crippen LogP contribution in [0.1, 0.15) is 5.56 Å². The van der Waals surface area contributed by atoms with Gasteiger partial charge < -0.3 is 15.2 Å². The molecule has 0 aliphatic carbocycles. The zero-order valence-electron chi connectivity index (χ0n) is 9.33. The van der Waals surface area contributed by atoms with Crippen molar-refractivity contribution in [3.63, 3.8) is 0 Å². The minimum Gasteiger partial charge on any atom is -0.392 e. The third-order valence-corrected chi connectivity index (χ3v) is 1.92. The monoisotopic (exact) mass is 263 g/mol. The summed E-state index contributed by atoms with van der Waals surface area (Å²) in [6.07, 6.45) is -4.44. The average Bonchev–Trinajstić information content (AvgIpc) is 2.28. The Kier molecular flexibility index (Phi) is 5.11. The minimum atomic E-state index is -4.44. The van der Waals surface area contributed by atoms with Crippen LogP contribution in [0.2, 0.25) is 0 Å². The fourth-order valence-electron chi connectivity index (χ4n) is 1.15. The summed E-state index contributed by atoms with van der Waals surface area (Å²) in [5.74, 6) is -0.670. The lowest BCUT2D eigenvalue weighted by atomic mass is 10.2. The van der Waals surface area contributed by atoms with Gasteiger partial charge in [-0.1, -0.05) is 12.1 Å². The number of hydrogen-bond acceptors (Lipinski definition) is 3. The highest BCUT2D eigenvalue weighted by Crippen LogP contribution is 2.14. The summed E-state index contributed by atoms with van der Waals surface area (Å²) in [5.41, 5.74) is 1.09. The Morgan fingerprint density at radius 2 is 1.89 bits per heavy atom. The highest BCUT2D eigenvalue weighted by Gasteiger charge is 2.27. The van der Waals surface area contributed by atoms with Gasteiger partial charge in [0, 0.05) is 5.69 Å². The number of halogens is 3. The second-order valence-electron chi connectivity index (χ2n) is 3.51. The van der Waals surface area contributed by atoms with Crippen LogP contribution in [0.4, 0.5) is 18.9 Å². The van der Waals surface area contributed by atoms with Gasteiger partial charge in [0.2, 0.25) is 5.91 Å². The van der Waals surface area contributed by atoms with Crippen LogP contribution in [-0.4, -0.2) is 30.4 Å². The van der Waals surface area contributed by atoms with Crippen molar-refractivity contribution in [2.75, 3.05) is 18.5 Å². The van der Waals surface area contributed by atoms with Crippen molar-refractivity contribution in [1.29, 1.82) is 0 Å². The number of ether oxygens (including phenoxy) is 1. The molecule has 0 unspecified atom stereocenters. The first kappa shape index (κ1) is 14.5.